The molecule has 13 nitrogen and oxygen atoms in total. The second-order valence-corrected chi connectivity index (χ2v) is 9.85. The molecule has 0 unspecified atom stereocenters. The number of halogens is 1. The predicted octanol–water partition coefficient (Wildman–Crippen LogP) is 2.59. The summed E-state index contributed by atoms with van der Waals surface area (Å²) in [6, 6.07) is 7.65. The van der Waals surface area contributed by atoms with Gasteiger partial charge >= 0.3 is 20.6 Å². The summed E-state index contributed by atoms with van der Waals surface area (Å²) in [6.45, 7) is 10.3. The highest BCUT2D eigenvalue weighted by molar-refractivity contribution is 7.84. The summed E-state index contributed by atoms with van der Waals surface area (Å²) < 4.78 is 60.4. The standard InChI is InChI=1S/C19H19ClN6O7S2/c1-10-14(8-9-15(23-3)16(10)20)24-17(11(2)32-34(21,27)28)19-26-25-18(31-19)12-4-6-13(7-5-12)33-35(22,29)30/h4-9,11,17,24H,1-2H3,(H2,21,27,28)(H2,22,29,30)/t11-,17+/m0/s1. The van der Waals surface area contributed by atoms with Crippen LogP contribution in [0.15, 0.2) is 40.8 Å². The van der Waals surface area contributed by atoms with E-state index < -0.39 is 32.8 Å². The maximum absolute atomic E-state index is 11.5. The van der Waals surface area contributed by atoms with Gasteiger partial charge in [0.1, 0.15) is 17.9 Å². The van der Waals surface area contributed by atoms with Crippen LogP contribution in [0.4, 0.5) is 11.4 Å². The molecule has 0 aliphatic heterocycles. The third kappa shape index (κ3) is 6.88. The smallest absolute Gasteiger partial charge is 0.380 e. The average molecular weight is 543 g/mol. The molecule has 0 bridgehead atoms. The SMILES string of the molecule is [C-]#[N+]c1ccc(N[C@@H](c2nnc(-c3ccc(OS(N)(=O)=O)cc3)o2)[C@H](C)OS(N)(=O)=O)c(C)c1Cl. The van der Waals surface area contributed by atoms with E-state index in [4.69, 9.17) is 37.1 Å². The Hall–Kier alpha value is -3.26. The van der Waals surface area contributed by atoms with Gasteiger partial charge in [0.25, 0.3) is 0 Å². The van der Waals surface area contributed by atoms with Crippen LogP contribution < -0.4 is 19.8 Å². The minimum atomic E-state index is -4.33. The van der Waals surface area contributed by atoms with Gasteiger partial charge in [0.15, 0.2) is 0 Å². The van der Waals surface area contributed by atoms with Crippen molar-refractivity contribution >= 4 is 43.6 Å². The molecule has 0 amide bonds. The second kappa shape index (κ2) is 10.2. The third-order valence-corrected chi connectivity index (χ3v) is 6.05. The Labute approximate surface area is 206 Å². The first kappa shape index (κ1) is 26.3. The molecule has 0 fully saturated rings. The molecule has 35 heavy (non-hydrogen) atoms. The van der Waals surface area contributed by atoms with E-state index in [-0.39, 0.29) is 28.2 Å². The molecule has 1 aromatic heterocycles. The van der Waals surface area contributed by atoms with Crippen LogP contribution in [-0.4, -0.2) is 33.1 Å². The molecule has 5 N–H and O–H groups in total. The molecule has 3 rings (SSSR count). The lowest BCUT2D eigenvalue weighted by atomic mass is 10.1. The zero-order valence-electron chi connectivity index (χ0n) is 18.2. The third-order valence-electron chi connectivity index (χ3n) is 4.57. The number of aromatic nitrogens is 2. The van der Waals surface area contributed by atoms with Crippen LogP contribution in [0.25, 0.3) is 16.3 Å². The minimum absolute atomic E-state index is 0.0269. The lowest BCUT2D eigenvalue weighted by molar-refractivity contribution is 0.192. The van der Waals surface area contributed by atoms with Crippen molar-refractivity contribution in [1.82, 2.24) is 10.2 Å². The van der Waals surface area contributed by atoms with E-state index in [1.165, 1.54) is 37.3 Å². The van der Waals surface area contributed by atoms with Crippen molar-refractivity contribution in [2.24, 2.45) is 10.3 Å². The van der Waals surface area contributed by atoms with Crippen molar-refractivity contribution in [1.29, 1.82) is 0 Å². The number of nitrogens with two attached hydrogens (primary N) is 2. The van der Waals surface area contributed by atoms with Crippen LogP contribution in [0.1, 0.15) is 24.4 Å². The predicted molar refractivity (Wildman–Crippen MR) is 126 cm³/mol. The molecular weight excluding hydrogens is 524 g/mol. The van der Waals surface area contributed by atoms with Crippen molar-refractivity contribution in [3.63, 3.8) is 0 Å². The largest absolute Gasteiger partial charge is 0.418 e. The molecule has 0 saturated heterocycles. The Morgan fingerprint density at radius 2 is 1.74 bits per heavy atom. The topological polar surface area (TPSA) is 194 Å². The number of anilines is 1. The van der Waals surface area contributed by atoms with E-state index in [1.807, 2.05) is 0 Å². The van der Waals surface area contributed by atoms with Gasteiger partial charge in [-0.1, -0.05) is 17.7 Å². The number of hydrogen-bond donors (Lipinski definition) is 3. The first-order chi connectivity index (χ1) is 16.3. The van der Waals surface area contributed by atoms with E-state index >= 15 is 0 Å². The number of rotatable bonds is 9. The van der Waals surface area contributed by atoms with Crippen LogP contribution >= 0.6 is 11.6 Å². The maximum atomic E-state index is 11.5. The first-order valence-corrected chi connectivity index (χ1v) is 12.9. The van der Waals surface area contributed by atoms with Crippen molar-refractivity contribution in [3.05, 3.63) is 64.3 Å². The fourth-order valence-corrected chi connectivity index (χ4v) is 4.11. The number of benzene rings is 2. The molecule has 16 heteroatoms. The molecular formula is C19H19ClN6O7S2. The van der Waals surface area contributed by atoms with Crippen LogP contribution in [0, 0.1) is 13.5 Å². The summed E-state index contributed by atoms with van der Waals surface area (Å²) in [4.78, 5) is 3.34. The number of nitrogens with zero attached hydrogens (tertiary/aromatic N) is 3. The van der Waals surface area contributed by atoms with E-state index in [2.05, 4.69) is 24.5 Å². The van der Waals surface area contributed by atoms with Crippen molar-refractivity contribution in [2.75, 3.05) is 5.32 Å². The van der Waals surface area contributed by atoms with Gasteiger partial charge < -0.3 is 13.9 Å². The summed E-state index contributed by atoms with van der Waals surface area (Å²) in [5, 5.41) is 21.1. The van der Waals surface area contributed by atoms with Gasteiger partial charge in [-0.15, -0.1) is 10.2 Å². The molecule has 0 aliphatic rings. The van der Waals surface area contributed by atoms with Crippen molar-refractivity contribution in [3.8, 4) is 17.2 Å². The maximum Gasteiger partial charge on any atom is 0.380 e. The molecule has 3 aromatic rings. The summed E-state index contributed by atoms with van der Waals surface area (Å²) in [7, 11) is -8.52. The molecule has 2 atom stereocenters. The normalized spacial score (nSPS) is 13.6. The minimum Gasteiger partial charge on any atom is -0.418 e. The molecule has 0 aliphatic carbocycles. The summed E-state index contributed by atoms with van der Waals surface area (Å²) in [5.74, 6) is -0.0402. The van der Waals surface area contributed by atoms with E-state index in [1.54, 1.807) is 13.0 Å². The highest BCUT2D eigenvalue weighted by atomic mass is 35.5. The molecule has 186 valence electrons. The molecule has 0 spiro atoms. The van der Waals surface area contributed by atoms with E-state index in [0.29, 0.717) is 16.8 Å². The van der Waals surface area contributed by atoms with E-state index in [0.717, 1.165) is 0 Å². The summed E-state index contributed by atoms with van der Waals surface area (Å²) in [6.07, 6.45) is -1.11. The zero-order valence-corrected chi connectivity index (χ0v) is 20.6. The van der Waals surface area contributed by atoms with Gasteiger partial charge in [-0.2, -0.15) is 22.0 Å². The highest BCUT2D eigenvalue weighted by Crippen LogP contribution is 2.36. The Balaban J connectivity index is 1.95. The number of nitrogens with one attached hydrogen (secondary N) is 1. The fourth-order valence-electron chi connectivity index (χ4n) is 2.99. The van der Waals surface area contributed by atoms with Crippen LogP contribution in [-0.2, 0) is 24.8 Å². The molecule has 0 saturated carbocycles. The van der Waals surface area contributed by atoms with Gasteiger partial charge in [-0.05, 0) is 49.7 Å². The van der Waals surface area contributed by atoms with Gasteiger partial charge in [0, 0.05) is 11.3 Å². The highest BCUT2D eigenvalue weighted by Gasteiger charge is 2.30. The second-order valence-electron chi connectivity index (χ2n) is 7.15. The Morgan fingerprint density at radius 1 is 1.09 bits per heavy atom. The van der Waals surface area contributed by atoms with Crippen LogP contribution in [0.2, 0.25) is 5.02 Å². The van der Waals surface area contributed by atoms with Crippen LogP contribution in [0.3, 0.4) is 0 Å². The van der Waals surface area contributed by atoms with Gasteiger partial charge in [-0.25, -0.2) is 9.98 Å². The fraction of sp³-hybridized carbons (Fsp3) is 0.211. The molecule has 0 radical (unpaired) electrons. The monoisotopic (exact) mass is 542 g/mol. The Bertz CT molecular complexity index is 1480. The van der Waals surface area contributed by atoms with Crippen LogP contribution in [0.5, 0.6) is 5.75 Å². The zero-order chi connectivity index (χ0) is 26.0. The lowest BCUT2D eigenvalue weighted by Gasteiger charge is -2.23. The molecule has 2 aromatic carbocycles. The van der Waals surface area contributed by atoms with Gasteiger partial charge in [0.05, 0.1) is 11.6 Å². The first-order valence-electron chi connectivity index (χ1n) is 9.57. The lowest BCUT2D eigenvalue weighted by Crippen LogP contribution is -2.31. The average Bonchev–Trinajstić information content (AvgIpc) is 3.22. The number of hydrogen-bond acceptors (Lipinski definition) is 10. The Kier molecular flexibility index (Phi) is 7.65. The summed E-state index contributed by atoms with van der Waals surface area (Å²) in [5.41, 5.74) is 1.64. The van der Waals surface area contributed by atoms with Crippen molar-refractivity contribution < 1.29 is 29.6 Å². The summed E-state index contributed by atoms with van der Waals surface area (Å²) >= 11 is 6.24. The Morgan fingerprint density at radius 3 is 2.31 bits per heavy atom. The van der Waals surface area contributed by atoms with E-state index in [9.17, 15) is 16.8 Å². The molecule has 1 heterocycles. The van der Waals surface area contributed by atoms with Gasteiger partial charge in [-0.3, -0.25) is 4.18 Å². The van der Waals surface area contributed by atoms with Gasteiger partial charge in [0.2, 0.25) is 17.5 Å². The quantitative estimate of drug-likeness (QED) is 0.338. The van der Waals surface area contributed by atoms with Crippen molar-refractivity contribution in [2.45, 2.75) is 26.0 Å².